The Balaban J connectivity index is 0.000000143. The molecule has 0 unspecified atom stereocenters. The van der Waals surface area contributed by atoms with Crippen LogP contribution >= 0.6 is 11.3 Å². The average molecular weight is 1470 g/mol. The van der Waals surface area contributed by atoms with E-state index >= 15 is 0 Å². The van der Waals surface area contributed by atoms with Crippen molar-refractivity contribution in [2.24, 2.45) is 0 Å². The van der Waals surface area contributed by atoms with E-state index in [1.165, 1.54) is 17.0 Å². The minimum absolute atomic E-state index is 0.0544. The maximum Gasteiger partial charge on any atom is 0.415 e. The molecule has 8 aromatic carbocycles. The standard InChI is InChI=1S/2C29H27FN4O3.C27H28N4O2S/c2*1-21-18-23(12-13-25(21)30)26-19-27(22-8-4-2-5-9-22)34(31-26)20-28(35)32-14-16-33(17-15-32)29(36)37-24-10-6-3-7-11-24;1-18-15-21(9-10-25(18)33-3)23-16-24(20-7-5-4-6-8-20)31(29-23)17-27(32)30-13-11-22-26(12-14-30)34-19(2)28-22/h2*2-13,18-19H,14-17,20H2,1H3;4-10,15-16H,11-14,17H2,1-3H3. The molecule has 0 aliphatic carbocycles. The van der Waals surface area contributed by atoms with Crippen LogP contribution in [0.2, 0.25) is 0 Å². The number of aromatic nitrogens is 7. The maximum absolute atomic E-state index is 13.8. The summed E-state index contributed by atoms with van der Waals surface area (Å²) in [6.07, 6.45) is 0.840. The van der Waals surface area contributed by atoms with E-state index in [1.54, 1.807) is 134 Å². The number of para-hydroxylation sites is 2. The predicted molar refractivity (Wildman–Crippen MR) is 412 cm³/mol. The Morgan fingerprint density at radius 1 is 0.380 bits per heavy atom. The van der Waals surface area contributed by atoms with E-state index < -0.39 is 12.2 Å². The molecule has 3 aliphatic heterocycles. The van der Waals surface area contributed by atoms with Crippen LogP contribution in [0.3, 0.4) is 0 Å². The van der Waals surface area contributed by atoms with Gasteiger partial charge in [0.15, 0.2) is 0 Å². The predicted octanol–water partition coefficient (Wildman–Crippen LogP) is 14.9. The van der Waals surface area contributed by atoms with E-state index in [9.17, 15) is 32.8 Å². The van der Waals surface area contributed by atoms with Crippen molar-refractivity contribution >= 4 is 41.2 Å². The largest absolute Gasteiger partial charge is 0.496 e. The van der Waals surface area contributed by atoms with Crippen LogP contribution in [0.25, 0.3) is 67.5 Å². The number of hydrogen-bond donors (Lipinski definition) is 0. The van der Waals surface area contributed by atoms with Gasteiger partial charge in [-0.15, -0.1) is 11.3 Å². The minimum atomic E-state index is -0.420. The van der Waals surface area contributed by atoms with Crippen LogP contribution in [-0.2, 0) is 46.9 Å². The van der Waals surface area contributed by atoms with Crippen molar-refractivity contribution in [3.05, 3.63) is 268 Å². The highest BCUT2D eigenvalue weighted by atomic mass is 32.1. The number of rotatable bonds is 15. The summed E-state index contributed by atoms with van der Waals surface area (Å²) in [4.78, 5) is 79.4. The fourth-order valence-corrected chi connectivity index (χ4v) is 14.2. The first-order valence-corrected chi connectivity index (χ1v) is 36.7. The molecule has 7 heterocycles. The fourth-order valence-electron chi connectivity index (χ4n) is 13.2. The summed E-state index contributed by atoms with van der Waals surface area (Å²) in [5.74, 6) is 1.21. The van der Waals surface area contributed by atoms with Crippen LogP contribution in [-0.4, -0.2) is 161 Å². The minimum Gasteiger partial charge on any atom is -0.496 e. The third kappa shape index (κ3) is 18.1. The number of hydrogen-bond acceptors (Lipinski definition) is 13. The van der Waals surface area contributed by atoms with E-state index in [2.05, 4.69) is 29.2 Å². The van der Waals surface area contributed by atoms with Gasteiger partial charge >= 0.3 is 12.2 Å². The van der Waals surface area contributed by atoms with Gasteiger partial charge < -0.3 is 38.7 Å². The summed E-state index contributed by atoms with van der Waals surface area (Å²) in [7, 11) is 1.68. The lowest BCUT2D eigenvalue weighted by Crippen LogP contribution is -2.52. The van der Waals surface area contributed by atoms with Crippen molar-refractivity contribution in [2.45, 2.75) is 60.2 Å². The van der Waals surface area contributed by atoms with Gasteiger partial charge in [0.05, 0.1) is 52.0 Å². The molecule has 108 heavy (non-hydrogen) atoms. The number of carbonyl (C=O) groups excluding carboxylic acids is 5. The van der Waals surface area contributed by atoms with Crippen LogP contribution in [0.1, 0.15) is 32.3 Å². The van der Waals surface area contributed by atoms with Crippen LogP contribution < -0.4 is 14.2 Å². The molecular weight excluding hydrogens is 1390 g/mol. The molecule has 0 radical (unpaired) electrons. The monoisotopic (exact) mass is 1470 g/mol. The van der Waals surface area contributed by atoms with E-state index in [0.29, 0.717) is 92.9 Å². The number of piperazine rings is 2. The Morgan fingerprint density at radius 2 is 0.713 bits per heavy atom. The van der Waals surface area contributed by atoms with Gasteiger partial charge in [-0.3, -0.25) is 28.4 Å². The summed E-state index contributed by atoms with van der Waals surface area (Å²) in [5, 5.41) is 15.4. The number of nitrogens with zero attached hydrogens (tertiary/aromatic N) is 12. The number of fused-ring (bicyclic) bond motifs is 1. The fraction of sp³-hybridized carbons (Fsp3) is 0.235. The second-order valence-electron chi connectivity index (χ2n) is 26.5. The van der Waals surface area contributed by atoms with Gasteiger partial charge in [-0.25, -0.2) is 23.4 Å². The molecule has 550 valence electrons. The molecular formula is C85H82F2N12O8S. The number of benzene rings is 8. The molecule has 0 N–H and O–H groups in total. The summed E-state index contributed by atoms with van der Waals surface area (Å²) >= 11 is 1.75. The molecule has 20 nitrogen and oxygen atoms in total. The highest BCUT2D eigenvalue weighted by Crippen LogP contribution is 2.33. The molecule has 0 saturated carbocycles. The van der Waals surface area contributed by atoms with Gasteiger partial charge in [0.2, 0.25) is 17.7 Å². The highest BCUT2D eigenvalue weighted by Gasteiger charge is 2.30. The van der Waals surface area contributed by atoms with E-state index in [4.69, 9.17) is 29.5 Å². The first kappa shape index (κ1) is 73.9. The lowest BCUT2D eigenvalue weighted by molar-refractivity contribution is -0.134. The van der Waals surface area contributed by atoms with Gasteiger partial charge in [0, 0.05) is 99.9 Å². The molecule has 4 aromatic heterocycles. The number of methoxy groups -OCH3 is 1. The first-order chi connectivity index (χ1) is 52.5. The molecule has 0 atom stereocenters. The number of carbonyl (C=O) groups is 5. The lowest BCUT2D eigenvalue weighted by Gasteiger charge is -2.34. The summed E-state index contributed by atoms with van der Waals surface area (Å²) in [6.45, 7) is 12.4. The van der Waals surface area contributed by atoms with E-state index in [0.717, 1.165) is 97.6 Å². The Labute approximate surface area is 629 Å². The smallest absolute Gasteiger partial charge is 0.415 e. The Morgan fingerprint density at radius 3 is 1.07 bits per heavy atom. The number of amides is 5. The van der Waals surface area contributed by atoms with Crippen molar-refractivity contribution in [1.82, 2.24) is 58.8 Å². The summed E-state index contributed by atoms with van der Waals surface area (Å²) in [6, 6.07) is 69.2. The second kappa shape index (κ2) is 34.3. The van der Waals surface area contributed by atoms with E-state index in [-0.39, 0.29) is 49.0 Å². The highest BCUT2D eigenvalue weighted by molar-refractivity contribution is 7.11. The normalized spacial score (nSPS) is 13.5. The quantitative estimate of drug-likeness (QED) is 0.0943. The van der Waals surface area contributed by atoms with Crippen molar-refractivity contribution in [3.8, 4) is 84.8 Å². The number of aryl methyl sites for hydroxylation is 4. The van der Waals surface area contributed by atoms with Gasteiger partial charge in [-0.1, -0.05) is 127 Å². The zero-order valence-electron chi connectivity index (χ0n) is 60.8. The molecule has 2 saturated heterocycles. The van der Waals surface area contributed by atoms with Crippen LogP contribution in [0.5, 0.6) is 17.2 Å². The second-order valence-corrected chi connectivity index (χ2v) is 27.8. The number of ether oxygens (including phenoxy) is 3. The van der Waals surface area contributed by atoms with Gasteiger partial charge in [0.1, 0.15) is 48.5 Å². The molecule has 2 fully saturated rings. The van der Waals surface area contributed by atoms with Gasteiger partial charge in [-0.05, 0) is 158 Å². The third-order valence-electron chi connectivity index (χ3n) is 19.1. The zero-order valence-corrected chi connectivity index (χ0v) is 61.6. The molecule has 12 aromatic rings. The summed E-state index contributed by atoms with van der Waals surface area (Å²) in [5.41, 5.74) is 13.5. The molecule has 23 heteroatoms. The van der Waals surface area contributed by atoms with Crippen molar-refractivity contribution in [3.63, 3.8) is 0 Å². The van der Waals surface area contributed by atoms with Crippen molar-refractivity contribution in [2.75, 3.05) is 72.6 Å². The lowest BCUT2D eigenvalue weighted by atomic mass is 10.1. The topological polar surface area (TPSA) is 196 Å². The molecule has 0 bridgehead atoms. The van der Waals surface area contributed by atoms with Crippen molar-refractivity contribution < 1.29 is 47.0 Å². The Kier molecular flexibility index (Phi) is 23.4. The Bertz CT molecular complexity index is 4890. The van der Waals surface area contributed by atoms with Gasteiger partial charge in [-0.2, -0.15) is 15.3 Å². The molecule has 5 amide bonds. The molecule has 3 aliphatic rings. The molecule has 0 spiro atoms. The third-order valence-corrected chi connectivity index (χ3v) is 20.2. The zero-order chi connectivity index (χ0) is 75.2. The van der Waals surface area contributed by atoms with Crippen molar-refractivity contribution in [1.29, 1.82) is 0 Å². The molecule has 15 rings (SSSR count). The maximum atomic E-state index is 13.8. The SMILES string of the molecule is COc1ccc(-c2cc(-c3ccccc3)n(CC(=O)N3CCc4nc(C)sc4CC3)n2)cc1C.Cc1cc(-c2cc(-c3ccccc3)n(CC(=O)N3CCN(C(=O)Oc4ccccc4)CC3)n2)ccc1F.Cc1cc(-c2cc(-c3ccccc3)n(CC(=O)N3CCN(C(=O)Oc4ccccc4)CC3)n2)ccc1F. The summed E-state index contributed by atoms with van der Waals surface area (Å²) < 4.78 is 49.1. The number of halogens is 2. The van der Waals surface area contributed by atoms with Crippen LogP contribution in [0, 0.1) is 39.3 Å². The van der Waals surface area contributed by atoms with Crippen LogP contribution in [0.15, 0.2) is 224 Å². The first-order valence-electron chi connectivity index (χ1n) is 35.9. The number of thiazole rings is 1. The van der Waals surface area contributed by atoms with Gasteiger partial charge in [0.25, 0.3) is 0 Å². The van der Waals surface area contributed by atoms with E-state index in [1.807, 2.05) is 139 Å². The van der Waals surface area contributed by atoms with Crippen LogP contribution in [0.4, 0.5) is 18.4 Å². The Hall–Kier alpha value is -12.4. The average Bonchev–Trinajstić information content (AvgIpc) is 1.68.